The molecule has 2 aliphatic heterocycles. The van der Waals surface area contributed by atoms with Crippen LogP contribution in [0.3, 0.4) is 0 Å². The average molecular weight is 480 g/mol. The number of benzene rings is 2. The van der Waals surface area contributed by atoms with Crippen molar-refractivity contribution in [3.63, 3.8) is 0 Å². The molecular formula is C24H24N4O7. The van der Waals surface area contributed by atoms with Gasteiger partial charge in [0.1, 0.15) is 13.2 Å². The fourth-order valence-corrected chi connectivity index (χ4v) is 4.08. The summed E-state index contributed by atoms with van der Waals surface area (Å²) >= 11 is 0. The number of hydrogen-bond donors (Lipinski definition) is 0. The van der Waals surface area contributed by atoms with E-state index in [0.717, 1.165) is 25.9 Å². The smallest absolute Gasteiger partial charge is 0.341 e. The van der Waals surface area contributed by atoms with E-state index in [1.54, 1.807) is 18.2 Å². The topological polar surface area (TPSA) is 135 Å². The average Bonchev–Trinajstić information content (AvgIpc) is 3.42. The highest BCUT2D eigenvalue weighted by Gasteiger charge is 2.25. The molecule has 1 fully saturated rings. The van der Waals surface area contributed by atoms with Gasteiger partial charge in [-0.2, -0.15) is 5.26 Å². The van der Waals surface area contributed by atoms with Crippen LogP contribution in [0.1, 0.15) is 29.6 Å². The molecule has 2 aliphatic rings. The van der Waals surface area contributed by atoms with Gasteiger partial charge in [-0.25, -0.2) is 4.79 Å². The number of nitriles is 1. The molecule has 0 unspecified atom stereocenters. The van der Waals surface area contributed by atoms with E-state index >= 15 is 0 Å². The number of carbonyl (C=O) groups is 2. The molecule has 0 spiro atoms. The van der Waals surface area contributed by atoms with E-state index in [9.17, 15) is 19.7 Å². The zero-order valence-corrected chi connectivity index (χ0v) is 19.0. The van der Waals surface area contributed by atoms with Gasteiger partial charge in [-0.3, -0.25) is 14.9 Å². The number of nitro benzene ring substituents is 1. The Labute approximate surface area is 201 Å². The highest BCUT2D eigenvalue weighted by molar-refractivity contribution is 6.00. The summed E-state index contributed by atoms with van der Waals surface area (Å²) in [6.07, 6.45) is 1.97. The molecule has 0 saturated carbocycles. The number of fused-ring (bicyclic) bond motifs is 1. The Bertz CT molecular complexity index is 1170. The van der Waals surface area contributed by atoms with E-state index in [2.05, 4.69) is 0 Å². The Hall–Kier alpha value is -4.33. The van der Waals surface area contributed by atoms with Crippen LogP contribution in [0.5, 0.6) is 11.5 Å². The third-order valence-corrected chi connectivity index (χ3v) is 5.77. The minimum absolute atomic E-state index is 0.0387. The number of ether oxygens (including phenoxy) is 3. The molecule has 0 aliphatic carbocycles. The van der Waals surface area contributed by atoms with Crippen molar-refractivity contribution < 1.29 is 28.7 Å². The summed E-state index contributed by atoms with van der Waals surface area (Å²) in [6.45, 7) is 1.74. The molecule has 35 heavy (non-hydrogen) atoms. The summed E-state index contributed by atoms with van der Waals surface area (Å²) in [5.74, 6) is -0.337. The molecule has 1 amide bonds. The van der Waals surface area contributed by atoms with Crippen LogP contribution in [-0.4, -0.2) is 56.3 Å². The molecule has 182 valence electrons. The van der Waals surface area contributed by atoms with Crippen molar-refractivity contribution in [1.82, 2.24) is 0 Å². The Morgan fingerprint density at radius 2 is 1.86 bits per heavy atom. The normalized spacial score (nSPS) is 14.2. The molecule has 4 rings (SSSR count). The molecule has 11 nitrogen and oxygen atoms in total. The predicted octanol–water partition coefficient (Wildman–Crippen LogP) is 3.07. The van der Waals surface area contributed by atoms with Crippen LogP contribution in [0.2, 0.25) is 0 Å². The number of carbonyl (C=O) groups excluding carboxylic acids is 2. The van der Waals surface area contributed by atoms with Crippen LogP contribution in [0, 0.1) is 21.4 Å². The van der Waals surface area contributed by atoms with Crippen LogP contribution in [0.4, 0.5) is 17.1 Å². The summed E-state index contributed by atoms with van der Waals surface area (Å²) in [7, 11) is 0. The molecule has 0 bridgehead atoms. The summed E-state index contributed by atoms with van der Waals surface area (Å²) in [6, 6.07) is 11.0. The lowest BCUT2D eigenvalue weighted by Crippen LogP contribution is -2.35. The fraction of sp³-hybridized carbons (Fsp3) is 0.375. The van der Waals surface area contributed by atoms with E-state index in [1.807, 2.05) is 11.0 Å². The van der Waals surface area contributed by atoms with E-state index < -0.39 is 23.4 Å². The highest BCUT2D eigenvalue weighted by Crippen LogP contribution is 2.34. The molecule has 1 saturated heterocycles. The zero-order valence-electron chi connectivity index (χ0n) is 19.0. The van der Waals surface area contributed by atoms with E-state index in [0.29, 0.717) is 36.1 Å². The third kappa shape index (κ3) is 5.43. The maximum atomic E-state index is 13.0. The lowest BCUT2D eigenvalue weighted by atomic mass is 10.1. The second-order valence-corrected chi connectivity index (χ2v) is 8.01. The fourth-order valence-electron chi connectivity index (χ4n) is 4.08. The monoisotopic (exact) mass is 480 g/mol. The first-order chi connectivity index (χ1) is 17.0. The summed E-state index contributed by atoms with van der Waals surface area (Å²) in [4.78, 5) is 39.9. The largest absolute Gasteiger partial charge is 0.486 e. The molecule has 2 aromatic rings. The van der Waals surface area contributed by atoms with Crippen molar-refractivity contribution in [2.24, 2.45) is 0 Å². The maximum absolute atomic E-state index is 13.0. The van der Waals surface area contributed by atoms with Gasteiger partial charge < -0.3 is 24.0 Å². The van der Waals surface area contributed by atoms with Crippen LogP contribution in [-0.2, 0) is 9.53 Å². The SMILES string of the molecule is N#CCCN(C(=O)COC(=O)c1cc([N+](=O)[O-])ccc1N1CCCC1)c1ccc2c(c1)OCCO2. The maximum Gasteiger partial charge on any atom is 0.341 e. The summed E-state index contributed by atoms with van der Waals surface area (Å²) in [5.41, 5.74) is 0.812. The first kappa shape index (κ1) is 23.8. The minimum Gasteiger partial charge on any atom is -0.486 e. The van der Waals surface area contributed by atoms with Crippen molar-refractivity contribution >= 4 is 28.9 Å². The van der Waals surface area contributed by atoms with E-state index in [4.69, 9.17) is 19.5 Å². The predicted molar refractivity (Wildman–Crippen MR) is 125 cm³/mol. The summed E-state index contributed by atoms with van der Waals surface area (Å²) < 4.78 is 16.4. The van der Waals surface area contributed by atoms with Crippen LogP contribution >= 0.6 is 0 Å². The number of rotatable bonds is 8. The molecular weight excluding hydrogens is 456 g/mol. The standard InChI is InChI=1S/C24H24N4O7/c25-8-3-11-27(17-5-7-21-22(15-17)34-13-12-33-21)23(29)16-35-24(30)19-14-18(28(31)32)4-6-20(19)26-9-1-2-10-26/h4-7,14-15H,1-3,9-13,16H2. The number of nitro groups is 1. The number of hydrogen-bond acceptors (Lipinski definition) is 9. The highest BCUT2D eigenvalue weighted by atomic mass is 16.6. The van der Waals surface area contributed by atoms with Crippen molar-refractivity contribution in [3.8, 4) is 17.6 Å². The quantitative estimate of drug-likeness (QED) is 0.317. The van der Waals surface area contributed by atoms with E-state index in [1.165, 1.54) is 23.1 Å². The number of anilines is 2. The lowest BCUT2D eigenvalue weighted by molar-refractivity contribution is -0.384. The number of amides is 1. The van der Waals surface area contributed by atoms with Crippen molar-refractivity contribution in [2.45, 2.75) is 19.3 Å². The number of non-ortho nitro benzene ring substituents is 1. The second kappa shape index (κ2) is 10.7. The van der Waals surface area contributed by atoms with Gasteiger partial charge in [0, 0.05) is 43.5 Å². The lowest BCUT2D eigenvalue weighted by Gasteiger charge is -2.25. The van der Waals surface area contributed by atoms with Crippen molar-refractivity contribution in [2.75, 3.05) is 49.3 Å². The number of esters is 1. The molecule has 0 N–H and O–H groups in total. The number of nitrogens with zero attached hydrogens (tertiary/aromatic N) is 4. The first-order valence-corrected chi connectivity index (χ1v) is 11.3. The third-order valence-electron chi connectivity index (χ3n) is 5.77. The summed E-state index contributed by atoms with van der Waals surface area (Å²) in [5, 5.41) is 20.3. The van der Waals surface area contributed by atoms with Gasteiger partial charge in [-0.05, 0) is 31.0 Å². The van der Waals surface area contributed by atoms with Crippen molar-refractivity contribution in [3.05, 3.63) is 52.1 Å². The van der Waals surface area contributed by atoms with Gasteiger partial charge in [0.05, 0.1) is 28.7 Å². The molecule has 2 aromatic carbocycles. The van der Waals surface area contributed by atoms with Gasteiger partial charge in [0.2, 0.25) is 0 Å². The first-order valence-electron chi connectivity index (χ1n) is 11.3. The molecule has 0 atom stereocenters. The Morgan fingerprint density at radius 3 is 2.57 bits per heavy atom. The molecule has 2 heterocycles. The Kier molecular flexibility index (Phi) is 7.30. The zero-order chi connectivity index (χ0) is 24.8. The Balaban J connectivity index is 1.52. The van der Waals surface area contributed by atoms with E-state index in [-0.39, 0.29) is 24.2 Å². The second-order valence-electron chi connectivity index (χ2n) is 8.01. The molecule has 11 heteroatoms. The molecule has 0 radical (unpaired) electrons. The van der Waals surface area contributed by atoms with Crippen LogP contribution in [0.25, 0.3) is 0 Å². The van der Waals surface area contributed by atoms with Gasteiger partial charge in [0.25, 0.3) is 11.6 Å². The van der Waals surface area contributed by atoms with Crippen LogP contribution in [0.15, 0.2) is 36.4 Å². The molecule has 0 aromatic heterocycles. The van der Waals surface area contributed by atoms with Crippen molar-refractivity contribution in [1.29, 1.82) is 5.26 Å². The van der Waals surface area contributed by atoms with Gasteiger partial charge >= 0.3 is 5.97 Å². The van der Waals surface area contributed by atoms with Crippen LogP contribution < -0.4 is 19.3 Å². The Morgan fingerprint density at radius 1 is 1.11 bits per heavy atom. The van der Waals surface area contributed by atoms with Gasteiger partial charge in [0.15, 0.2) is 18.1 Å². The van der Waals surface area contributed by atoms with Gasteiger partial charge in [-0.15, -0.1) is 0 Å². The minimum atomic E-state index is -0.827. The van der Waals surface area contributed by atoms with Gasteiger partial charge in [-0.1, -0.05) is 0 Å².